The molecule has 3 heteroatoms. The molecule has 1 atom stereocenters. The standard InChI is InChI=1S/C16H15BO2/c1-12(17)16(18)14-7-9-15(10-8-14)19-11-13-5-3-2-4-6-13/h2-10,12H,11H2,1H3. The smallest absolute Gasteiger partial charge is 0.157 e. The topological polar surface area (TPSA) is 26.3 Å². The van der Waals surface area contributed by atoms with E-state index in [4.69, 9.17) is 12.6 Å². The lowest BCUT2D eigenvalue weighted by Gasteiger charge is -2.08. The average molecular weight is 250 g/mol. The zero-order valence-electron chi connectivity index (χ0n) is 10.9. The van der Waals surface area contributed by atoms with Gasteiger partial charge in [-0.15, -0.1) is 0 Å². The quantitative estimate of drug-likeness (QED) is 0.600. The van der Waals surface area contributed by atoms with Crippen molar-refractivity contribution in [3.05, 3.63) is 65.7 Å². The molecule has 1 unspecified atom stereocenters. The Balaban J connectivity index is 1.98. The van der Waals surface area contributed by atoms with E-state index in [9.17, 15) is 4.79 Å². The fourth-order valence-corrected chi connectivity index (χ4v) is 1.72. The summed E-state index contributed by atoms with van der Waals surface area (Å²) in [5, 5.41) is 0. The summed E-state index contributed by atoms with van der Waals surface area (Å²) >= 11 is 0. The molecule has 0 heterocycles. The first kappa shape index (κ1) is 13.4. The lowest BCUT2D eigenvalue weighted by atomic mass is 9.83. The second kappa shape index (κ2) is 6.23. The van der Waals surface area contributed by atoms with Crippen molar-refractivity contribution in [3.63, 3.8) is 0 Å². The third-order valence-corrected chi connectivity index (χ3v) is 2.80. The number of carbonyl (C=O) groups excluding carboxylic acids is 1. The van der Waals surface area contributed by atoms with Crippen LogP contribution in [0.2, 0.25) is 5.82 Å². The van der Waals surface area contributed by atoms with Gasteiger partial charge in [0.25, 0.3) is 0 Å². The molecule has 0 saturated heterocycles. The van der Waals surface area contributed by atoms with Crippen molar-refractivity contribution in [1.29, 1.82) is 0 Å². The normalized spacial score (nSPS) is 11.8. The first-order valence-corrected chi connectivity index (χ1v) is 6.23. The highest BCUT2D eigenvalue weighted by Crippen LogP contribution is 2.17. The molecule has 0 spiro atoms. The molecule has 0 aliphatic carbocycles. The zero-order chi connectivity index (χ0) is 13.7. The predicted molar refractivity (Wildman–Crippen MR) is 76.7 cm³/mol. The van der Waals surface area contributed by atoms with Crippen molar-refractivity contribution >= 4 is 13.6 Å². The Morgan fingerprint density at radius 3 is 2.32 bits per heavy atom. The molecular weight excluding hydrogens is 235 g/mol. The zero-order valence-corrected chi connectivity index (χ0v) is 10.9. The van der Waals surface area contributed by atoms with Crippen LogP contribution >= 0.6 is 0 Å². The summed E-state index contributed by atoms with van der Waals surface area (Å²) in [6.45, 7) is 2.20. The monoisotopic (exact) mass is 250 g/mol. The summed E-state index contributed by atoms with van der Waals surface area (Å²) in [4.78, 5) is 11.7. The van der Waals surface area contributed by atoms with Gasteiger partial charge in [0.2, 0.25) is 0 Å². The van der Waals surface area contributed by atoms with Crippen molar-refractivity contribution in [1.82, 2.24) is 0 Å². The van der Waals surface area contributed by atoms with Crippen LogP contribution in [0.3, 0.4) is 0 Å². The van der Waals surface area contributed by atoms with Crippen LogP contribution in [0.4, 0.5) is 0 Å². The van der Waals surface area contributed by atoms with E-state index in [1.807, 2.05) is 30.3 Å². The summed E-state index contributed by atoms with van der Waals surface area (Å²) in [6, 6.07) is 17.0. The molecule has 94 valence electrons. The molecule has 0 amide bonds. The van der Waals surface area contributed by atoms with Crippen LogP contribution in [0.15, 0.2) is 54.6 Å². The van der Waals surface area contributed by atoms with E-state index in [1.54, 1.807) is 31.2 Å². The fourth-order valence-electron chi connectivity index (χ4n) is 1.72. The Labute approximate surface area is 114 Å². The van der Waals surface area contributed by atoms with Crippen LogP contribution in [-0.2, 0) is 6.61 Å². The van der Waals surface area contributed by atoms with Gasteiger partial charge in [-0.3, -0.25) is 4.79 Å². The molecule has 19 heavy (non-hydrogen) atoms. The van der Waals surface area contributed by atoms with Gasteiger partial charge in [0, 0.05) is 5.56 Å². The summed E-state index contributed by atoms with van der Waals surface area (Å²) in [5.74, 6) is 0.204. The van der Waals surface area contributed by atoms with Gasteiger partial charge in [0.1, 0.15) is 12.4 Å². The van der Waals surface area contributed by atoms with Crippen molar-refractivity contribution < 1.29 is 9.53 Å². The Hall–Kier alpha value is -2.03. The van der Waals surface area contributed by atoms with E-state index in [0.29, 0.717) is 12.2 Å². The van der Waals surface area contributed by atoms with Gasteiger partial charge in [0.15, 0.2) is 5.78 Å². The van der Waals surface area contributed by atoms with Gasteiger partial charge in [-0.25, -0.2) is 0 Å². The summed E-state index contributed by atoms with van der Waals surface area (Å²) < 4.78 is 5.64. The van der Waals surface area contributed by atoms with E-state index >= 15 is 0 Å². The van der Waals surface area contributed by atoms with Crippen molar-refractivity contribution in [3.8, 4) is 5.75 Å². The van der Waals surface area contributed by atoms with Gasteiger partial charge >= 0.3 is 0 Å². The van der Waals surface area contributed by atoms with Crippen LogP contribution in [0.5, 0.6) is 5.75 Å². The van der Waals surface area contributed by atoms with E-state index in [0.717, 1.165) is 11.3 Å². The number of ketones is 1. The highest BCUT2D eigenvalue weighted by molar-refractivity contribution is 6.27. The number of hydrogen-bond acceptors (Lipinski definition) is 2. The molecule has 0 aromatic heterocycles. The SMILES string of the molecule is [B]C(C)C(=O)c1ccc(OCc2ccccc2)cc1. The van der Waals surface area contributed by atoms with Gasteiger partial charge in [-0.05, 0) is 35.6 Å². The van der Waals surface area contributed by atoms with Gasteiger partial charge in [-0.1, -0.05) is 37.3 Å². The summed E-state index contributed by atoms with van der Waals surface area (Å²) in [6.07, 6.45) is 0. The van der Waals surface area contributed by atoms with Crippen molar-refractivity contribution in [2.75, 3.05) is 0 Å². The maximum atomic E-state index is 11.7. The number of rotatable bonds is 5. The van der Waals surface area contributed by atoms with E-state index in [-0.39, 0.29) is 5.78 Å². The highest BCUT2D eigenvalue weighted by atomic mass is 16.5. The second-order valence-electron chi connectivity index (χ2n) is 4.45. The lowest BCUT2D eigenvalue weighted by Crippen LogP contribution is -2.05. The number of Topliss-reactive ketones (excluding diaryl/α,β-unsaturated/α-hetero) is 1. The highest BCUT2D eigenvalue weighted by Gasteiger charge is 2.09. The largest absolute Gasteiger partial charge is 0.489 e. The number of hydrogen-bond donors (Lipinski definition) is 0. The molecule has 0 aliphatic rings. The van der Waals surface area contributed by atoms with Crippen LogP contribution in [-0.4, -0.2) is 13.6 Å². The molecular formula is C16H15BO2. The summed E-state index contributed by atoms with van der Waals surface area (Å²) in [7, 11) is 5.56. The Kier molecular flexibility index (Phi) is 4.40. The molecule has 0 aliphatic heterocycles. The van der Waals surface area contributed by atoms with Crippen molar-refractivity contribution in [2.45, 2.75) is 19.3 Å². The molecule has 2 aromatic rings. The average Bonchev–Trinajstić information content (AvgIpc) is 2.46. The van der Waals surface area contributed by atoms with Crippen LogP contribution in [0.1, 0.15) is 22.8 Å². The molecule has 2 radical (unpaired) electrons. The minimum atomic E-state index is -0.476. The number of carbonyl (C=O) groups is 1. The van der Waals surface area contributed by atoms with E-state index in [2.05, 4.69) is 0 Å². The van der Waals surface area contributed by atoms with Gasteiger partial charge in [-0.2, -0.15) is 0 Å². The fraction of sp³-hybridized carbons (Fsp3) is 0.188. The molecule has 0 fully saturated rings. The molecule has 2 nitrogen and oxygen atoms in total. The molecule has 0 bridgehead atoms. The van der Waals surface area contributed by atoms with Crippen LogP contribution < -0.4 is 4.74 Å². The van der Waals surface area contributed by atoms with Gasteiger partial charge in [0.05, 0.1) is 7.85 Å². The van der Waals surface area contributed by atoms with Crippen molar-refractivity contribution in [2.24, 2.45) is 0 Å². The molecule has 0 N–H and O–H groups in total. The van der Waals surface area contributed by atoms with E-state index < -0.39 is 5.82 Å². The maximum Gasteiger partial charge on any atom is 0.157 e. The first-order chi connectivity index (χ1) is 9.16. The molecule has 2 rings (SSSR count). The molecule has 2 aromatic carbocycles. The third kappa shape index (κ3) is 3.72. The van der Waals surface area contributed by atoms with E-state index in [1.165, 1.54) is 0 Å². The first-order valence-electron chi connectivity index (χ1n) is 6.23. The second-order valence-corrected chi connectivity index (χ2v) is 4.45. The number of benzene rings is 2. The van der Waals surface area contributed by atoms with Crippen LogP contribution in [0, 0.1) is 0 Å². The van der Waals surface area contributed by atoms with Crippen LogP contribution in [0.25, 0.3) is 0 Å². The number of ether oxygens (including phenoxy) is 1. The Bertz CT molecular complexity index is 532. The predicted octanol–water partition coefficient (Wildman–Crippen LogP) is 3.43. The summed E-state index contributed by atoms with van der Waals surface area (Å²) in [5.41, 5.74) is 1.72. The minimum absolute atomic E-state index is 0.0605. The van der Waals surface area contributed by atoms with Gasteiger partial charge < -0.3 is 4.74 Å². The Morgan fingerprint density at radius 1 is 1.11 bits per heavy atom. The Morgan fingerprint density at radius 2 is 1.74 bits per heavy atom. The minimum Gasteiger partial charge on any atom is -0.489 e. The maximum absolute atomic E-state index is 11.7. The third-order valence-electron chi connectivity index (χ3n) is 2.80. The lowest BCUT2D eigenvalue weighted by molar-refractivity contribution is 0.0989. The molecule has 0 saturated carbocycles.